The van der Waals surface area contributed by atoms with Crippen molar-refractivity contribution in [3.8, 4) is 0 Å². The number of carboxylic acids is 1. The molecule has 0 aliphatic rings. The Labute approximate surface area is 119 Å². The Hall–Kier alpha value is -2.36. The Morgan fingerprint density at radius 1 is 1.38 bits per heavy atom. The van der Waals surface area contributed by atoms with Gasteiger partial charge in [-0.15, -0.1) is 0 Å². The number of hydrogen-bond acceptors (Lipinski definition) is 4. The topological polar surface area (TPSA) is 97.1 Å². The SMILES string of the molecule is O=C(O)Cn1ccc2c(Cl)nc(NC(=O)C(F)(F)F)nc21. The second-order valence-electron chi connectivity index (χ2n) is 3.86. The lowest BCUT2D eigenvalue weighted by molar-refractivity contribution is -0.167. The lowest BCUT2D eigenvalue weighted by Crippen LogP contribution is -2.30. The summed E-state index contributed by atoms with van der Waals surface area (Å²) >= 11 is 5.77. The number of fused-ring (bicyclic) bond motifs is 1. The molecule has 0 atom stereocenters. The number of carbonyl (C=O) groups excluding carboxylic acids is 1. The zero-order valence-electron chi connectivity index (χ0n) is 9.98. The normalized spacial score (nSPS) is 11.6. The Bertz CT molecular complexity index is 728. The van der Waals surface area contributed by atoms with Crippen LogP contribution in [0.2, 0.25) is 5.15 Å². The fourth-order valence-electron chi connectivity index (χ4n) is 1.53. The van der Waals surface area contributed by atoms with Crippen molar-refractivity contribution in [3.63, 3.8) is 0 Å². The molecule has 1 amide bonds. The van der Waals surface area contributed by atoms with Crippen LogP contribution in [0.25, 0.3) is 11.0 Å². The van der Waals surface area contributed by atoms with Gasteiger partial charge in [-0.1, -0.05) is 11.6 Å². The third-order valence-corrected chi connectivity index (χ3v) is 2.65. The Kier molecular flexibility index (Phi) is 3.73. The van der Waals surface area contributed by atoms with Gasteiger partial charge >= 0.3 is 18.1 Å². The third kappa shape index (κ3) is 3.21. The molecule has 0 radical (unpaired) electrons. The van der Waals surface area contributed by atoms with E-state index in [4.69, 9.17) is 16.7 Å². The lowest BCUT2D eigenvalue weighted by Gasteiger charge is -2.08. The van der Waals surface area contributed by atoms with E-state index >= 15 is 0 Å². The fraction of sp³-hybridized carbons (Fsp3) is 0.200. The van der Waals surface area contributed by atoms with Gasteiger partial charge in [0.1, 0.15) is 17.3 Å². The Balaban J connectivity index is 2.42. The largest absolute Gasteiger partial charge is 0.480 e. The minimum absolute atomic E-state index is 0.00475. The maximum absolute atomic E-state index is 12.2. The number of aromatic nitrogens is 3. The summed E-state index contributed by atoms with van der Waals surface area (Å²) in [4.78, 5) is 28.7. The summed E-state index contributed by atoms with van der Waals surface area (Å²) in [6, 6.07) is 1.41. The number of halogens is 4. The van der Waals surface area contributed by atoms with Crippen LogP contribution in [0.5, 0.6) is 0 Å². The number of aliphatic carboxylic acids is 1. The molecule has 7 nitrogen and oxygen atoms in total. The molecular weight excluding hydrogens is 317 g/mol. The zero-order chi connectivity index (χ0) is 15.8. The summed E-state index contributed by atoms with van der Waals surface area (Å²) in [5.41, 5.74) is -0.00475. The van der Waals surface area contributed by atoms with E-state index in [0.29, 0.717) is 0 Å². The number of alkyl halides is 3. The van der Waals surface area contributed by atoms with E-state index in [1.165, 1.54) is 17.6 Å². The second-order valence-corrected chi connectivity index (χ2v) is 4.22. The smallest absolute Gasteiger partial charge is 0.471 e. The number of amides is 1. The third-order valence-electron chi connectivity index (χ3n) is 2.36. The van der Waals surface area contributed by atoms with Crippen molar-refractivity contribution in [1.29, 1.82) is 0 Å². The molecule has 0 aliphatic heterocycles. The van der Waals surface area contributed by atoms with Gasteiger partial charge in [-0.2, -0.15) is 23.1 Å². The summed E-state index contributed by atoms with van der Waals surface area (Å²) in [6.45, 7) is -0.469. The van der Waals surface area contributed by atoms with Crippen LogP contribution < -0.4 is 5.32 Å². The van der Waals surface area contributed by atoms with Crippen molar-refractivity contribution in [3.05, 3.63) is 17.4 Å². The van der Waals surface area contributed by atoms with E-state index in [1.807, 2.05) is 0 Å². The molecule has 2 rings (SSSR count). The minimum atomic E-state index is -5.10. The van der Waals surface area contributed by atoms with Gasteiger partial charge in [0.2, 0.25) is 5.95 Å². The number of nitrogens with one attached hydrogen (secondary N) is 1. The fourth-order valence-corrected chi connectivity index (χ4v) is 1.76. The number of carboxylic acid groups (broad SMARTS) is 1. The highest BCUT2D eigenvalue weighted by molar-refractivity contribution is 6.34. The summed E-state index contributed by atoms with van der Waals surface area (Å²) in [6.07, 6.45) is -3.76. The van der Waals surface area contributed by atoms with Crippen molar-refractivity contribution in [1.82, 2.24) is 14.5 Å². The molecular formula is C10H6ClF3N4O3. The number of carbonyl (C=O) groups is 2. The highest BCUT2D eigenvalue weighted by atomic mass is 35.5. The van der Waals surface area contributed by atoms with Gasteiger partial charge in [-0.05, 0) is 6.07 Å². The van der Waals surface area contributed by atoms with E-state index in [-0.39, 0.29) is 16.2 Å². The summed E-state index contributed by atoms with van der Waals surface area (Å²) < 4.78 is 37.6. The van der Waals surface area contributed by atoms with E-state index < -0.39 is 30.5 Å². The highest BCUT2D eigenvalue weighted by Crippen LogP contribution is 2.24. The summed E-state index contributed by atoms with van der Waals surface area (Å²) in [7, 11) is 0. The highest BCUT2D eigenvalue weighted by Gasteiger charge is 2.39. The van der Waals surface area contributed by atoms with Crippen LogP contribution in [0, 0.1) is 0 Å². The molecule has 0 spiro atoms. The molecule has 0 saturated heterocycles. The van der Waals surface area contributed by atoms with Gasteiger partial charge in [0, 0.05) is 6.20 Å². The lowest BCUT2D eigenvalue weighted by atomic mass is 10.4. The molecule has 21 heavy (non-hydrogen) atoms. The van der Waals surface area contributed by atoms with Crippen molar-refractivity contribution >= 4 is 40.5 Å². The van der Waals surface area contributed by atoms with Crippen LogP contribution in [0.15, 0.2) is 12.3 Å². The first-order chi connectivity index (χ1) is 9.68. The Morgan fingerprint density at radius 2 is 2.05 bits per heavy atom. The molecule has 0 aromatic carbocycles. The van der Waals surface area contributed by atoms with Crippen molar-refractivity contribution in [2.24, 2.45) is 0 Å². The molecule has 2 N–H and O–H groups in total. The first-order valence-corrected chi connectivity index (χ1v) is 5.68. The van der Waals surface area contributed by atoms with Crippen molar-refractivity contribution in [2.75, 3.05) is 5.32 Å². The molecule has 112 valence electrons. The first kappa shape index (κ1) is 15.0. The summed E-state index contributed by atoms with van der Waals surface area (Å²) in [5.74, 6) is -4.10. The van der Waals surface area contributed by atoms with Crippen molar-refractivity contribution < 1.29 is 27.9 Å². The first-order valence-electron chi connectivity index (χ1n) is 5.31. The molecule has 2 aromatic rings. The molecule has 11 heteroatoms. The van der Waals surface area contributed by atoms with Crippen LogP contribution in [0.4, 0.5) is 19.1 Å². The van der Waals surface area contributed by atoms with E-state index in [1.54, 1.807) is 0 Å². The predicted octanol–water partition coefficient (Wildman–Crippen LogP) is 1.67. The Morgan fingerprint density at radius 3 is 2.62 bits per heavy atom. The van der Waals surface area contributed by atoms with Crippen molar-refractivity contribution in [2.45, 2.75) is 12.7 Å². The van der Waals surface area contributed by atoms with Gasteiger partial charge in [-0.25, -0.2) is 0 Å². The maximum Gasteiger partial charge on any atom is 0.471 e. The predicted molar refractivity (Wildman–Crippen MR) is 64.9 cm³/mol. The monoisotopic (exact) mass is 322 g/mol. The second kappa shape index (κ2) is 5.20. The molecule has 0 fully saturated rings. The molecule has 2 aromatic heterocycles. The average Bonchev–Trinajstić information content (AvgIpc) is 2.71. The number of hydrogen-bond donors (Lipinski definition) is 2. The molecule has 0 saturated carbocycles. The van der Waals surface area contributed by atoms with Crippen LogP contribution in [0.3, 0.4) is 0 Å². The van der Waals surface area contributed by atoms with Crippen LogP contribution in [-0.2, 0) is 16.1 Å². The van der Waals surface area contributed by atoms with E-state index in [9.17, 15) is 22.8 Å². The standard InChI is InChI=1S/C10H6ClF3N4O3/c11-6-4-1-2-18(3-5(19)20)7(4)16-9(15-6)17-8(21)10(12,13)14/h1-2H,3H2,(H,19,20)(H,15,16,17,21). The van der Waals surface area contributed by atoms with Gasteiger partial charge in [-0.3, -0.25) is 14.9 Å². The molecule has 0 aliphatic carbocycles. The van der Waals surface area contributed by atoms with E-state index in [2.05, 4.69) is 9.97 Å². The van der Waals surface area contributed by atoms with Gasteiger partial charge in [0.25, 0.3) is 0 Å². The van der Waals surface area contributed by atoms with E-state index in [0.717, 1.165) is 4.57 Å². The minimum Gasteiger partial charge on any atom is -0.480 e. The number of anilines is 1. The molecule has 0 unspecified atom stereocenters. The quantitative estimate of drug-likeness (QED) is 0.838. The van der Waals surface area contributed by atoms with Crippen LogP contribution in [0.1, 0.15) is 0 Å². The molecule has 0 bridgehead atoms. The van der Waals surface area contributed by atoms with Gasteiger partial charge < -0.3 is 9.67 Å². The zero-order valence-corrected chi connectivity index (χ0v) is 10.7. The van der Waals surface area contributed by atoms with Crippen LogP contribution >= 0.6 is 11.6 Å². The van der Waals surface area contributed by atoms with Gasteiger partial charge in [0.15, 0.2) is 0 Å². The summed E-state index contributed by atoms with van der Waals surface area (Å²) in [5, 5.41) is 10.2. The maximum atomic E-state index is 12.2. The number of rotatable bonds is 3. The number of nitrogens with zero attached hydrogens (tertiary/aromatic N) is 3. The molecule has 2 heterocycles. The van der Waals surface area contributed by atoms with Crippen LogP contribution in [-0.4, -0.2) is 37.7 Å². The van der Waals surface area contributed by atoms with Gasteiger partial charge in [0.05, 0.1) is 5.39 Å². The average molecular weight is 323 g/mol.